The Balaban J connectivity index is 0.00000312. The molecule has 0 radical (unpaired) electrons. The zero-order valence-electron chi connectivity index (χ0n) is 15.3. The predicted octanol–water partition coefficient (Wildman–Crippen LogP) is 1.45. The summed E-state index contributed by atoms with van der Waals surface area (Å²) in [5.41, 5.74) is -0.00562. The van der Waals surface area contributed by atoms with Crippen LogP contribution in [0.4, 0.5) is 0 Å². The van der Waals surface area contributed by atoms with E-state index in [1.807, 2.05) is 26.2 Å². The summed E-state index contributed by atoms with van der Waals surface area (Å²) in [5, 5.41) is 16.0. The average molecular weight is 466 g/mol. The fourth-order valence-electron chi connectivity index (χ4n) is 3.02. The zero-order chi connectivity index (χ0) is 17.4. The molecule has 2 heterocycles. The van der Waals surface area contributed by atoms with E-state index in [-0.39, 0.29) is 42.0 Å². The van der Waals surface area contributed by atoms with Gasteiger partial charge in [0.1, 0.15) is 5.76 Å². The summed E-state index contributed by atoms with van der Waals surface area (Å²) < 4.78 is 11.1. The van der Waals surface area contributed by atoms with Crippen LogP contribution < -0.4 is 10.6 Å². The van der Waals surface area contributed by atoms with Crippen molar-refractivity contribution < 1.29 is 14.3 Å². The maximum atomic E-state index is 9.31. The first-order valence-electron chi connectivity index (χ1n) is 8.43. The lowest BCUT2D eigenvalue weighted by Gasteiger charge is -2.28. The first-order valence-corrected chi connectivity index (χ1v) is 8.43. The summed E-state index contributed by atoms with van der Waals surface area (Å²) in [5.74, 6) is 1.67. The summed E-state index contributed by atoms with van der Waals surface area (Å²) in [6.45, 7) is 3.04. The second-order valence-corrected chi connectivity index (χ2v) is 6.58. The van der Waals surface area contributed by atoms with Crippen LogP contribution in [-0.2, 0) is 4.74 Å². The van der Waals surface area contributed by atoms with E-state index in [2.05, 4.69) is 20.5 Å². The number of nitrogens with zero attached hydrogens (tertiary/aromatic N) is 2. The minimum atomic E-state index is -0.00562. The Kier molecular flexibility index (Phi) is 9.77. The van der Waals surface area contributed by atoms with Crippen LogP contribution in [0.25, 0.3) is 0 Å². The fourth-order valence-corrected chi connectivity index (χ4v) is 3.02. The summed E-state index contributed by atoms with van der Waals surface area (Å²) in [7, 11) is 5.81. The third-order valence-electron chi connectivity index (χ3n) is 4.64. The fraction of sp³-hybridized carbons (Fsp3) is 0.706. The van der Waals surface area contributed by atoms with Crippen molar-refractivity contribution in [2.45, 2.75) is 18.9 Å². The van der Waals surface area contributed by atoms with Crippen molar-refractivity contribution >= 4 is 29.9 Å². The van der Waals surface area contributed by atoms with Crippen molar-refractivity contribution in [2.24, 2.45) is 10.4 Å². The maximum absolute atomic E-state index is 9.31. The van der Waals surface area contributed by atoms with Crippen LogP contribution in [0, 0.1) is 5.41 Å². The van der Waals surface area contributed by atoms with Crippen molar-refractivity contribution in [3.05, 3.63) is 24.2 Å². The number of furan rings is 1. The van der Waals surface area contributed by atoms with Gasteiger partial charge in [-0.1, -0.05) is 0 Å². The van der Waals surface area contributed by atoms with Crippen LogP contribution in [0.1, 0.15) is 24.6 Å². The quantitative estimate of drug-likeness (QED) is 0.306. The highest BCUT2D eigenvalue weighted by Gasteiger charge is 2.34. The van der Waals surface area contributed by atoms with Gasteiger partial charge in [0.05, 0.1) is 18.9 Å². The summed E-state index contributed by atoms with van der Waals surface area (Å²) in [6.07, 6.45) is 3.39. The summed E-state index contributed by atoms with van der Waals surface area (Å²) in [4.78, 5) is 6.40. The number of halogens is 1. The number of aliphatic hydroxyl groups excluding tert-OH is 1. The molecule has 1 aromatic rings. The molecule has 144 valence electrons. The van der Waals surface area contributed by atoms with Crippen molar-refractivity contribution in [1.29, 1.82) is 0 Å². The molecule has 0 bridgehead atoms. The topological polar surface area (TPSA) is 82.3 Å². The first kappa shape index (κ1) is 22.2. The van der Waals surface area contributed by atoms with Crippen LogP contribution in [0.2, 0.25) is 0 Å². The van der Waals surface area contributed by atoms with Crippen molar-refractivity contribution in [3.8, 4) is 0 Å². The van der Waals surface area contributed by atoms with Gasteiger partial charge in [-0.25, -0.2) is 0 Å². The van der Waals surface area contributed by atoms with Gasteiger partial charge in [-0.2, -0.15) is 0 Å². The maximum Gasteiger partial charge on any atom is 0.191 e. The van der Waals surface area contributed by atoms with Crippen LogP contribution in [0.5, 0.6) is 0 Å². The minimum absolute atomic E-state index is 0. The van der Waals surface area contributed by atoms with Crippen LogP contribution in [0.3, 0.4) is 0 Å². The standard InChI is InChI=1S/C17H30N4O3.HI/c1-18-16(20-12-17(6-8-22)7-10-23-13-17)19-11-14(21(2)3)15-5-4-9-24-15;/h4-5,9,14,22H,6-8,10-13H2,1-3H3,(H2,18,19,20);1H. The van der Waals surface area contributed by atoms with E-state index < -0.39 is 0 Å². The number of aliphatic hydroxyl groups is 1. The molecule has 2 rings (SSSR count). The Morgan fingerprint density at radius 3 is 2.76 bits per heavy atom. The molecule has 2 unspecified atom stereocenters. The Bertz CT molecular complexity index is 502. The Labute approximate surface area is 167 Å². The number of guanidine groups is 1. The number of nitrogens with one attached hydrogen (secondary N) is 2. The molecule has 0 saturated carbocycles. The number of aliphatic imine (C=N–C) groups is 1. The van der Waals surface area contributed by atoms with Crippen LogP contribution >= 0.6 is 24.0 Å². The summed E-state index contributed by atoms with van der Waals surface area (Å²) in [6, 6.07) is 4.01. The number of likely N-dealkylation sites (N-methyl/N-ethyl adjacent to an activating group) is 1. The van der Waals surface area contributed by atoms with Gasteiger partial charge in [-0.3, -0.25) is 9.89 Å². The second-order valence-electron chi connectivity index (χ2n) is 6.58. The second kappa shape index (κ2) is 11.0. The molecule has 2 atom stereocenters. The molecule has 1 aliphatic rings. The monoisotopic (exact) mass is 466 g/mol. The molecule has 1 aliphatic heterocycles. The average Bonchev–Trinajstić information content (AvgIpc) is 3.23. The van der Waals surface area contributed by atoms with E-state index in [0.29, 0.717) is 13.2 Å². The largest absolute Gasteiger partial charge is 0.468 e. The lowest BCUT2D eigenvalue weighted by Crippen LogP contribution is -2.46. The van der Waals surface area contributed by atoms with Gasteiger partial charge >= 0.3 is 0 Å². The number of hydrogen-bond acceptors (Lipinski definition) is 5. The van der Waals surface area contributed by atoms with Crippen molar-refractivity contribution in [2.75, 3.05) is 54.1 Å². The number of hydrogen-bond donors (Lipinski definition) is 3. The number of ether oxygens (including phenoxy) is 1. The van der Waals surface area contributed by atoms with E-state index in [0.717, 1.165) is 37.7 Å². The molecule has 3 N–H and O–H groups in total. The van der Waals surface area contributed by atoms with E-state index in [1.165, 1.54) is 0 Å². The molecular weight excluding hydrogens is 435 g/mol. The van der Waals surface area contributed by atoms with E-state index in [9.17, 15) is 5.11 Å². The number of rotatable bonds is 8. The minimum Gasteiger partial charge on any atom is -0.468 e. The SMILES string of the molecule is CN=C(NCC(c1ccco1)N(C)C)NCC1(CCO)CCOC1.I. The highest BCUT2D eigenvalue weighted by Crippen LogP contribution is 2.31. The normalized spacial score (nSPS) is 21.9. The molecule has 1 aromatic heterocycles. The zero-order valence-corrected chi connectivity index (χ0v) is 17.7. The molecule has 0 aliphatic carbocycles. The van der Waals surface area contributed by atoms with Gasteiger partial charge in [-0.15, -0.1) is 24.0 Å². The van der Waals surface area contributed by atoms with Crippen LogP contribution in [0.15, 0.2) is 27.8 Å². The van der Waals surface area contributed by atoms with Gasteiger partial charge in [0.2, 0.25) is 0 Å². The predicted molar refractivity (Wildman–Crippen MR) is 109 cm³/mol. The van der Waals surface area contributed by atoms with Crippen molar-refractivity contribution in [1.82, 2.24) is 15.5 Å². The molecule has 25 heavy (non-hydrogen) atoms. The molecular formula is C17H31IN4O3. The summed E-state index contributed by atoms with van der Waals surface area (Å²) >= 11 is 0. The third kappa shape index (κ3) is 6.43. The molecule has 1 fully saturated rings. The van der Waals surface area contributed by atoms with Crippen LogP contribution in [-0.4, -0.2) is 70.0 Å². The van der Waals surface area contributed by atoms with Gasteiger partial charge in [0.25, 0.3) is 0 Å². The lowest BCUT2D eigenvalue weighted by atomic mass is 9.84. The van der Waals surface area contributed by atoms with Gasteiger partial charge in [0, 0.05) is 38.8 Å². The molecule has 0 spiro atoms. The smallest absolute Gasteiger partial charge is 0.191 e. The Morgan fingerprint density at radius 1 is 1.44 bits per heavy atom. The molecule has 7 nitrogen and oxygen atoms in total. The molecule has 0 aromatic carbocycles. The molecule has 1 saturated heterocycles. The highest BCUT2D eigenvalue weighted by atomic mass is 127. The van der Waals surface area contributed by atoms with Gasteiger partial charge in [0.15, 0.2) is 5.96 Å². The Hall–Kier alpha value is -0.840. The Morgan fingerprint density at radius 2 is 2.24 bits per heavy atom. The first-order chi connectivity index (χ1) is 11.6. The third-order valence-corrected chi connectivity index (χ3v) is 4.64. The lowest BCUT2D eigenvalue weighted by molar-refractivity contribution is 0.127. The van der Waals surface area contributed by atoms with Crippen molar-refractivity contribution in [3.63, 3.8) is 0 Å². The van der Waals surface area contributed by atoms with Gasteiger partial charge in [-0.05, 0) is 39.1 Å². The molecule has 0 amide bonds. The van der Waals surface area contributed by atoms with E-state index >= 15 is 0 Å². The molecule has 8 heteroatoms. The van der Waals surface area contributed by atoms with E-state index in [1.54, 1.807) is 13.3 Å². The van der Waals surface area contributed by atoms with Gasteiger partial charge < -0.3 is 24.9 Å². The highest BCUT2D eigenvalue weighted by molar-refractivity contribution is 14.0. The van der Waals surface area contributed by atoms with E-state index in [4.69, 9.17) is 9.15 Å².